The van der Waals surface area contributed by atoms with E-state index in [4.69, 9.17) is 0 Å². The molecule has 0 aliphatic rings. The molecule has 0 spiro atoms. The van der Waals surface area contributed by atoms with Gasteiger partial charge in [-0.1, -0.05) is 48.0 Å². The first-order valence-electron chi connectivity index (χ1n) is 10.6. The predicted molar refractivity (Wildman–Crippen MR) is 133 cm³/mol. The third-order valence-electron chi connectivity index (χ3n) is 4.85. The first-order valence-corrected chi connectivity index (χ1v) is 12.1. The normalized spacial score (nSPS) is 11.4. The number of hydrogen-bond donors (Lipinski definition) is 3. The van der Waals surface area contributed by atoms with Crippen LogP contribution in [0.5, 0.6) is 0 Å². The summed E-state index contributed by atoms with van der Waals surface area (Å²) in [6.45, 7) is 7.13. The molecule has 3 amide bonds. The smallest absolute Gasteiger partial charge is 0.307 e. The Morgan fingerprint density at radius 1 is 0.824 bits per heavy atom. The van der Waals surface area contributed by atoms with E-state index in [1.54, 1.807) is 69.3 Å². The summed E-state index contributed by atoms with van der Waals surface area (Å²) < 4.78 is 28.3. The molecule has 3 N–H and O–H groups in total. The van der Waals surface area contributed by atoms with Crippen LogP contribution in [0, 0.1) is 6.92 Å². The van der Waals surface area contributed by atoms with E-state index in [1.807, 2.05) is 13.0 Å². The molecule has 0 atom stereocenters. The zero-order chi connectivity index (χ0) is 24.9. The number of hydrogen-bond acceptors (Lipinski definition) is 4. The van der Waals surface area contributed by atoms with Crippen molar-refractivity contribution in [3.63, 3.8) is 0 Å². The molecular formula is C25H28N4O4S. The van der Waals surface area contributed by atoms with E-state index in [0.717, 1.165) is 5.56 Å². The molecule has 0 aliphatic carbocycles. The summed E-state index contributed by atoms with van der Waals surface area (Å²) >= 11 is 0. The van der Waals surface area contributed by atoms with Crippen LogP contribution in [0.1, 0.15) is 36.7 Å². The van der Waals surface area contributed by atoms with Gasteiger partial charge in [0.2, 0.25) is 0 Å². The number of carbonyl (C=O) groups is 2. The van der Waals surface area contributed by atoms with Gasteiger partial charge in [-0.2, -0.15) is 0 Å². The molecule has 0 aromatic heterocycles. The summed E-state index contributed by atoms with van der Waals surface area (Å²) in [4.78, 5) is 26.2. The third kappa shape index (κ3) is 6.14. The maximum Gasteiger partial charge on any atom is 0.338 e. The second kappa shape index (κ2) is 9.96. The summed E-state index contributed by atoms with van der Waals surface area (Å²) in [6, 6.07) is 20.9. The molecule has 0 unspecified atom stereocenters. The lowest BCUT2D eigenvalue weighted by molar-refractivity contribution is 0.0462. The molecule has 0 aliphatic heterocycles. The molecule has 9 heteroatoms. The fourth-order valence-corrected chi connectivity index (χ4v) is 4.19. The number of amides is 3. The fourth-order valence-electron chi connectivity index (χ4n) is 3.11. The van der Waals surface area contributed by atoms with E-state index in [-0.39, 0.29) is 16.1 Å². The molecule has 0 bridgehead atoms. The first-order chi connectivity index (χ1) is 16.0. The number of rotatable bonds is 5. The molecule has 8 nitrogen and oxygen atoms in total. The van der Waals surface area contributed by atoms with Crippen molar-refractivity contribution < 1.29 is 18.0 Å². The van der Waals surface area contributed by atoms with Crippen molar-refractivity contribution in [2.24, 2.45) is 0 Å². The van der Waals surface area contributed by atoms with Gasteiger partial charge in [0.15, 0.2) is 0 Å². The van der Waals surface area contributed by atoms with Gasteiger partial charge < -0.3 is 5.32 Å². The highest BCUT2D eigenvalue weighted by atomic mass is 32.2. The summed E-state index contributed by atoms with van der Waals surface area (Å²) in [5.74, 6) is -0.571. The highest BCUT2D eigenvalue weighted by Crippen LogP contribution is 2.24. The molecule has 3 rings (SSSR count). The van der Waals surface area contributed by atoms with E-state index in [0.29, 0.717) is 5.69 Å². The van der Waals surface area contributed by atoms with Crippen LogP contribution >= 0.6 is 0 Å². The van der Waals surface area contributed by atoms with Crippen LogP contribution in [0.2, 0.25) is 0 Å². The van der Waals surface area contributed by atoms with Gasteiger partial charge in [-0.3, -0.25) is 9.52 Å². The van der Waals surface area contributed by atoms with Gasteiger partial charge in [-0.15, -0.1) is 0 Å². The van der Waals surface area contributed by atoms with E-state index >= 15 is 0 Å². The number of nitrogens with one attached hydrogen (secondary N) is 3. The molecule has 3 aromatic rings. The molecule has 34 heavy (non-hydrogen) atoms. The quantitative estimate of drug-likeness (QED) is 0.457. The number of para-hydroxylation sites is 2. The highest BCUT2D eigenvalue weighted by molar-refractivity contribution is 7.92. The van der Waals surface area contributed by atoms with Crippen molar-refractivity contribution in [1.29, 1.82) is 0 Å². The Hall–Kier alpha value is -3.85. The van der Waals surface area contributed by atoms with E-state index < -0.39 is 27.5 Å². The number of urea groups is 1. The van der Waals surface area contributed by atoms with Gasteiger partial charge >= 0.3 is 6.03 Å². The Balaban J connectivity index is 1.88. The van der Waals surface area contributed by atoms with Crippen LogP contribution in [-0.2, 0) is 10.0 Å². The Kier molecular flexibility index (Phi) is 7.26. The minimum atomic E-state index is -3.93. The average Bonchev–Trinajstić information content (AvgIpc) is 2.77. The molecule has 0 heterocycles. The highest BCUT2D eigenvalue weighted by Gasteiger charge is 2.31. The lowest BCUT2D eigenvalue weighted by Gasteiger charge is -2.35. The summed E-state index contributed by atoms with van der Waals surface area (Å²) in [6.07, 6.45) is 0. The van der Waals surface area contributed by atoms with Gasteiger partial charge in [-0.25, -0.2) is 23.6 Å². The minimum absolute atomic E-state index is 0.0772. The summed E-state index contributed by atoms with van der Waals surface area (Å²) in [7, 11) is -3.93. The molecular weight excluding hydrogens is 452 g/mol. The second-order valence-electron chi connectivity index (χ2n) is 8.71. The Morgan fingerprint density at radius 3 is 2.03 bits per heavy atom. The van der Waals surface area contributed by atoms with E-state index in [9.17, 15) is 18.0 Å². The maximum absolute atomic E-state index is 13.5. The van der Waals surface area contributed by atoms with Crippen LogP contribution in [0.15, 0.2) is 83.8 Å². The van der Waals surface area contributed by atoms with Gasteiger partial charge in [0.25, 0.3) is 15.9 Å². The van der Waals surface area contributed by atoms with E-state index in [2.05, 4.69) is 15.5 Å². The van der Waals surface area contributed by atoms with Crippen molar-refractivity contribution in [3.8, 4) is 0 Å². The van der Waals surface area contributed by atoms with Crippen LogP contribution in [0.25, 0.3) is 0 Å². The van der Waals surface area contributed by atoms with Crippen molar-refractivity contribution in [2.75, 3.05) is 10.0 Å². The minimum Gasteiger partial charge on any atom is -0.307 e. The summed E-state index contributed by atoms with van der Waals surface area (Å²) in [5, 5.41) is 3.85. The Morgan fingerprint density at radius 2 is 1.41 bits per heavy atom. The lowest BCUT2D eigenvalue weighted by atomic mass is 10.1. The van der Waals surface area contributed by atoms with Crippen LogP contribution < -0.4 is 15.5 Å². The van der Waals surface area contributed by atoms with Crippen LogP contribution in [-0.4, -0.2) is 30.9 Å². The molecule has 178 valence electrons. The molecule has 0 saturated carbocycles. The van der Waals surface area contributed by atoms with Crippen LogP contribution in [0.3, 0.4) is 0 Å². The van der Waals surface area contributed by atoms with Gasteiger partial charge in [0.05, 0.1) is 21.7 Å². The number of nitrogens with zero attached hydrogens (tertiary/aromatic N) is 1. The van der Waals surface area contributed by atoms with Crippen molar-refractivity contribution in [2.45, 2.75) is 38.1 Å². The van der Waals surface area contributed by atoms with Crippen molar-refractivity contribution >= 4 is 33.3 Å². The number of benzene rings is 3. The molecule has 0 radical (unpaired) electrons. The number of aryl methyl sites for hydroxylation is 1. The molecule has 3 aromatic carbocycles. The van der Waals surface area contributed by atoms with Crippen LogP contribution in [0.4, 0.5) is 16.2 Å². The van der Waals surface area contributed by atoms with Crippen molar-refractivity contribution in [3.05, 3.63) is 90.0 Å². The number of carbonyl (C=O) groups excluding carboxylic acids is 2. The fraction of sp³-hybridized carbons (Fsp3) is 0.200. The SMILES string of the molecule is Cc1ccc(S(=O)(=O)Nc2ccccc2C(=O)N(NC(=O)Nc2ccccc2)C(C)(C)C)cc1. The second-order valence-corrected chi connectivity index (χ2v) is 10.4. The monoisotopic (exact) mass is 480 g/mol. The van der Waals surface area contributed by atoms with Crippen molar-refractivity contribution in [1.82, 2.24) is 10.4 Å². The molecule has 0 fully saturated rings. The van der Waals surface area contributed by atoms with Gasteiger partial charge in [-0.05, 0) is 64.1 Å². The lowest BCUT2D eigenvalue weighted by Crippen LogP contribution is -2.57. The summed E-state index contributed by atoms with van der Waals surface area (Å²) in [5.41, 5.74) is 3.46. The zero-order valence-corrected chi connectivity index (χ0v) is 20.3. The molecule has 0 saturated heterocycles. The van der Waals surface area contributed by atoms with Gasteiger partial charge in [0.1, 0.15) is 0 Å². The maximum atomic E-state index is 13.5. The zero-order valence-electron chi connectivity index (χ0n) is 19.5. The predicted octanol–water partition coefficient (Wildman–Crippen LogP) is 4.77. The Bertz CT molecular complexity index is 1270. The van der Waals surface area contributed by atoms with Gasteiger partial charge in [0, 0.05) is 5.69 Å². The number of anilines is 2. The number of hydrazine groups is 1. The average molecular weight is 481 g/mol. The third-order valence-corrected chi connectivity index (χ3v) is 6.23. The van der Waals surface area contributed by atoms with E-state index in [1.165, 1.54) is 29.3 Å². The first kappa shape index (κ1) is 24.8. The number of sulfonamides is 1. The standard InChI is InChI=1S/C25H28N4O4S/c1-18-14-16-20(17-15-18)34(32,33)28-22-13-9-8-12-21(22)23(30)29(25(2,3)4)27-24(31)26-19-10-6-5-7-11-19/h5-17,28H,1-4H3,(H2,26,27,31). The topological polar surface area (TPSA) is 108 Å². The Labute approximate surface area is 200 Å². The largest absolute Gasteiger partial charge is 0.338 e.